The maximum atomic E-state index is 12.5. The van der Waals surface area contributed by atoms with Crippen molar-refractivity contribution in [3.63, 3.8) is 0 Å². The second-order valence-corrected chi connectivity index (χ2v) is 5.58. The number of nitrogens with zero attached hydrogens (tertiary/aromatic N) is 2. The fourth-order valence-electron chi connectivity index (χ4n) is 3.39. The molecule has 1 saturated heterocycles. The van der Waals surface area contributed by atoms with E-state index in [1.54, 1.807) is 0 Å². The van der Waals surface area contributed by atoms with Gasteiger partial charge in [0.15, 0.2) is 0 Å². The SMILES string of the molecule is CC1CN(C)C(CN)C(=O)N1C1CCCCC1. The summed E-state index contributed by atoms with van der Waals surface area (Å²) in [5, 5.41) is 0. The van der Waals surface area contributed by atoms with Crippen molar-refractivity contribution in [2.75, 3.05) is 20.1 Å². The number of carbonyl (C=O) groups is 1. The van der Waals surface area contributed by atoms with Gasteiger partial charge in [-0.1, -0.05) is 19.3 Å². The summed E-state index contributed by atoms with van der Waals surface area (Å²) in [5.41, 5.74) is 5.73. The predicted octanol–water partition coefficient (Wildman–Crippen LogP) is 0.809. The predicted molar refractivity (Wildman–Crippen MR) is 68.7 cm³/mol. The molecule has 0 spiro atoms. The Balaban J connectivity index is 2.11. The largest absolute Gasteiger partial charge is 0.334 e. The zero-order valence-corrected chi connectivity index (χ0v) is 11.1. The quantitative estimate of drug-likeness (QED) is 0.776. The van der Waals surface area contributed by atoms with Gasteiger partial charge in [-0.05, 0) is 26.8 Å². The number of rotatable bonds is 2. The van der Waals surface area contributed by atoms with Gasteiger partial charge in [-0.2, -0.15) is 0 Å². The monoisotopic (exact) mass is 239 g/mol. The van der Waals surface area contributed by atoms with Gasteiger partial charge in [0.05, 0.1) is 0 Å². The molecule has 4 heteroatoms. The van der Waals surface area contributed by atoms with E-state index in [2.05, 4.69) is 16.7 Å². The van der Waals surface area contributed by atoms with Crippen molar-refractivity contribution in [3.05, 3.63) is 0 Å². The summed E-state index contributed by atoms with van der Waals surface area (Å²) in [4.78, 5) is 16.7. The van der Waals surface area contributed by atoms with Crippen molar-refractivity contribution in [1.29, 1.82) is 0 Å². The third-order valence-electron chi connectivity index (χ3n) is 4.29. The first-order valence-corrected chi connectivity index (χ1v) is 6.87. The van der Waals surface area contributed by atoms with Crippen LogP contribution in [0.4, 0.5) is 0 Å². The number of carbonyl (C=O) groups excluding carboxylic acids is 1. The van der Waals surface area contributed by atoms with Gasteiger partial charge in [0.2, 0.25) is 5.91 Å². The first-order valence-electron chi connectivity index (χ1n) is 6.87. The van der Waals surface area contributed by atoms with E-state index in [9.17, 15) is 4.79 Å². The Labute approximate surface area is 104 Å². The third-order valence-corrected chi connectivity index (χ3v) is 4.29. The minimum atomic E-state index is -0.104. The van der Waals surface area contributed by atoms with Crippen molar-refractivity contribution in [3.8, 4) is 0 Å². The van der Waals surface area contributed by atoms with Crippen LogP contribution in [0, 0.1) is 0 Å². The number of hydrogen-bond donors (Lipinski definition) is 1. The lowest BCUT2D eigenvalue weighted by atomic mass is 9.91. The highest BCUT2D eigenvalue weighted by Crippen LogP contribution is 2.27. The molecule has 2 fully saturated rings. The molecule has 0 radical (unpaired) electrons. The van der Waals surface area contributed by atoms with Crippen LogP contribution in [0.25, 0.3) is 0 Å². The minimum absolute atomic E-state index is 0.104. The van der Waals surface area contributed by atoms with E-state index in [-0.39, 0.29) is 11.9 Å². The molecule has 1 aliphatic heterocycles. The van der Waals surface area contributed by atoms with E-state index in [1.807, 2.05) is 7.05 Å². The Morgan fingerprint density at radius 1 is 1.29 bits per heavy atom. The van der Waals surface area contributed by atoms with Crippen molar-refractivity contribution < 1.29 is 4.79 Å². The molecule has 98 valence electrons. The van der Waals surface area contributed by atoms with Crippen LogP contribution in [0.5, 0.6) is 0 Å². The summed E-state index contributed by atoms with van der Waals surface area (Å²) >= 11 is 0. The highest BCUT2D eigenvalue weighted by molar-refractivity contribution is 5.83. The third kappa shape index (κ3) is 2.47. The average Bonchev–Trinajstić information content (AvgIpc) is 2.30. The molecular weight excluding hydrogens is 214 g/mol. The summed E-state index contributed by atoms with van der Waals surface area (Å²) in [7, 11) is 2.00. The highest BCUT2D eigenvalue weighted by Gasteiger charge is 2.39. The Kier molecular flexibility index (Phi) is 4.05. The lowest BCUT2D eigenvalue weighted by Crippen LogP contribution is -2.64. The first kappa shape index (κ1) is 12.8. The molecule has 0 bridgehead atoms. The first-order chi connectivity index (χ1) is 8.15. The maximum absolute atomic E-state index is 12.5. The molecule has 1 aliphatic carbocycles. The second kappa shape index (κ2) is 5.36. The molecule has 1 heterocycles. The lowest BCUT2D eigenvalue weighted by Gasteiger charge is -2.47. The standard InChI is InChI=1S/C13H25N3O/c1-10-9-15(2)12(8-14)13(17)16(10)11-6-4-3-5-7-11/h10-12H,3-9,14H2,1-2H3. The van der Waals surface area contributed by atoms with Gasteiger partial charge >= 0.3 is 0 Å². The molecule has 0 aromatic rings. The zero-order chi connectivity index (χ0) is 12.4. The van der Waals surface area contributed by atoms with Gasteiger partial charge in [0.1, 0.15) is 6.04 Å². The van der Waals surface area contributed by atoms with Crippen molar-refractivity contribution in [1.82, 2.24) is 9.80 Å². The molecule has 1 amide bonds. The molecular formula is C13H25N3O. The fraction of sp³-hybridized carbons (Fsp3) is 0.923. The van der Waals surface area contributed by atoms with Gasteiger partial charge in [0.25, 0.3) is 0 Å². The fourth-order valence-corrected chi connectivity index (χ4v) is 3.39. The van der Waals surface area contributed by atoms with Crippen molar-refractivity contribution in [2.45, 2.75) is 57.2 Å². The highest BCUT2D eigenvalue weighted by atomic mass is 16.2. The van der Waals surface area contributed by atoms with Crippen LogP contribution >= 0.6 is 0 Å². The number of amides is 1. The molecule has 1 saturated carbocycles. The molecule has 2 rings (SSSR count). The summed E-state index contributed by atoms with van der Waals surface area (Å²) in [5.74, 6) is 0.251. The minimum Gasteiger partial charge on any atom is -0.334 e. The molecule has 0 aromatic heterocycles. The number of likely N-dealkylation sites (N-methyl/N-ethyl adjacent to an activating group) is 1. The Morgan fingerprint density at radius 2 is 1.94 bits per heavy atom. The number of nitrogens with two attached hydrogens (primary N) is 1. The normalized spacial score (nSPS) is 33.1. The molecule has 2 atom stereocenters. The summed E-state index contributed by atoms with van der Waals surface area (Å²) in [6.07, 6.45) is 6.22. The summed E-state index contributed by atoms with van der Waals surface area (Å²) < 4.78 is 0. The Hall–Kier alpha value is -0.610. The van der Waals surface area contributed by atoms with Gasteiger partial charge < -0.3 is 10.6 Å². The molecule has 0 aromatic carbocycles. The summed E-state index contributed by atoms with van der Waals surface area (Å²) in [6, 6.07) is 0.695. The van der Waals surface area contributed by atoms with E-state index in [1.165, 1.54) is 32.1 Å². The smallest absolute Gasteiger partial charge is 0.241 e. The number of hydrogen-bond acceptors (Lipinski definition) is 3. The van der Waals surface area contributed by atoms with E-state index in [4.69, 9.17) is 5.73 Å². The van der Waals surface area contributed by atoms with E-state index < -0.39 is 0 Å². The second-order valence-electron chi connectivity index (χ2n) is 5.58. The lowest BCUT2D eigenvalue weighted by molar-refractivity contribution is -0.148. The van der Waals surface area contributed by atoms with Crippen LogP contribution in [0.1, 0.15) is 39.0 Å². The molecule has 2 N–H and O–H groups in total. The van der Waals surface area contributed by atoms with Crippen LogP contribution < -0.4 is 5.73 Å². The van der Waals surface area contributed by atoms with Crippen LogP contribution in [0.3, 0.4) is 0 Å². The van der Waals surface area contributed by atoms with Gasteiger partial charge in [0, 0.05) is 25.2 Å². The molecule has 17 heavy (non-hydrogen) atoms. The molecule has 4 nitrogen and oxygen atoms in total. The molecule has 2 unspecified atom stereocenters. The average molecular weight is 239 g/mol. The van der Waals surface area contributed by atoms with Crippen LogP contribution in [-0.2, 0) is 4.79 Å². The molecule has 2 aliphatic rings. The van der Waals surface area contributed by atoms with Crippen LogP contribution in [-0.4, -0.2) is 54.0 Å². The Bertz CT molecular complexity index is 276. The van der Waals surface area contributed by atoms with Gasteiger partial charge in [-0.3, -0.25) is 9.69 Å². The summed E-state index contributed by atoms with van der Waals surface area (Å²) in [6.45, 7) is 3.55. The van der Waals surface area contributed by atoms with Gasteiger partial charge in [-0.15, -0.1) is 0 Å². The van der Waals surface area contributed by atoms with Gasteiger partial charge in [-0.25, -0.2) is 0 Å². The van der Waals surface area contributed by atoms with Crippen molar-refractivity contribution >= 4 is 5.91 Å². The number of piperazine rings is 1. The zero-order valence-electron chi connectivity index (χ0n) is 11.1. The topological polar surface area (TPSA) is 49.6 Å². The van der Waals surface area contributed by atoms with E-state index in [0.717, 1.165) is 6.54 Å². The van der Waals surface area contributed by atoms with Crippen molar-refractivity contribution in [2.24, 2.45) is 5.73 Å². The van der Waals surface area contributed by atoms with Crippen LogP contribution in [0.2, 0.25) is 0 Å². The van der Waals surface area contributed by atoms with E-state index >= 15 is 0 Å². The maximum Gasteiger partial charge on any atom is 0.241 e. The Morgan fingerprint density at radius 3 is 2.53 bits per heavy atom. The van der Waals surface area contributed by atoms with E-state index in [0.29, 0.717) is 18.6 Å². The van der Waals surface area contributed by atoms with Crippen LogP contribution in [0.15, 0.2) is 0 Å².